The van der Waals surface area contributed by atoms with Gasteiger partial charge >= 0.3 is 6.36 Å². The second kappa shape index (κ2) is 10.1. The highest BCUT2D eigenvalue weighted by atomic mass is 32.2. The van der Waals surface area contributed by atoms with Crippen molar-refractivity contribution >= 4 is 20.9 Å². The van der Waals surface area contributed by atoms with Crippen molar-refractivity contribution in [2.45, 2.75) is 38.6 Å². The van der Waals surface area contributed by atoms with E-state index in [0.717, 1.165) is 35.3 Å². The van der Waals surface area contributed by atoms with Crippen molar-refractivity contribution in [2.75, 3.05) is 24.6 Å². The van der Waals surface area contributed by atoms with E-state index in [-0.39, 0.29) is 22.6 Å². The average Bonchev–Trinajstić information content (AvgIpc) is 3.46. The minimum atomic E-state index is -5.06. The Labute approximate surface area is 228 Å². The molecule has 0 radical (unpaired) electrons. The Balaban J connectivity index is 1.47. The number of halogens is 4. The van der Waals surface area contributed by atoms with Crippen molar-refractivity contribution in [1.82, 2.24) is 29.2 Å². The number of ether oxygens (including phenoxy) is 1. The zero-order chi connectivity index (χ0) is 28.9. The zero-order valence-corrected chi connectivity index (χ0v) is 22.9. The number of fused-ring (bicyclic) bond motifs is 1. The lowest BCUT2D eigenvalue weighted by Gasteiger charge is -2.41. The maximum Gasteiger partial charge on any atom is 0.574 e. The summed E-state index contributed by atoms with van der Waals surface area (Å²) in [5.74, 6) is -2.11. The number of sulfone groups is 1. The summed E-state index contributed by atoms with van der Waals surface area (Å²) < 4.78 is 82.9. The number of pyridine rings is 2. The van der Waals surface area contributed by atoms with Crippen LogP contribution in [0.3, 0.4) is 0 Å². The summed E-state index contributed by atoms with van der Waals surface area (Å²) in [6, 6.07) is 4.42. The van der Waals surface area contributed by atoms with E-state index in [1.54, 1.807) is 24.0 Å². The molecule has 4 aromatic heterocycles. The molecule has 0 aliphatic carbocycles. The topological polar surface area (TPSA) is 95.1 Å². The molecule has 1 aliphatic heterocycles. The second-order valence-corrected chi connectivity index (χ2v) is 12.8. The standard InChI is InChI=1S/C26H28F4N6O3S/c1-25(2,35-8-10-40(37,38)11-9-35)7-6-17-15-36(19-14-32-34(3)16-19)23-20(17)4-5-22(33-23)18-12-21(27)24(31-13-18)39-26(28,29)30/h4-5,12-16H,6-11H2,1-3H3. The first kappa shape index (κ1) is 28.0. The summed E-state index contributed by atoms with van der Waals surface area (Å²) in [5.41, 5.74) is 2.60. The van der Waals surface area contributed by atoms with Crippen molar-refractivity contribution in [3.05, 3.63) is 54.4 Å². The predicted molar refractivity (Wildman–Crippen MR) is 140 cm³/mol. The molecular formula is C26H28F4N6O3S. The summed E-state index contributed by atoms with van der Waals surface area (Å²) in [4.78, 5) is 10.4. The van der Waals surface area contributed by atoms with E-state index in [0.29, 0.717) is 30.9 Å². The smallest absolute Gasteiger partial charge is 0.385 e. The van der Waals surface area contributed by atoms with Crippen molar-refractivity contribution in [3.8, 4) is 22.8 Å². The summed E-state index contributed by atoms with van der Waals surface area (Å²) in [5, 5.41) is 5.10. The SMILES string of the molecule is Cn1cc(-n2cc(CCC(C)(C)N3CCS(=O)(=O)CC3)c3ccc(-c4cnc(OC(F)(F)F)c(F)c4)nc32)cn1. The molecule has 1 fully saturated rings. The van der Waals surface area contributed by atoms with E-state index in [9.17, 15) is 26.0 Å². The van der Waals surface area contributed by atoms with Crippen LogP contribution in [0.1, 0.15) is 25.8 Å². The van der Waals surface area contributed by atoms with Crippen molar-refractivity contribution in [1.29, 1.82) is 0 Å². The monoisotopic (exact) mass is 580 g/mol. The Morgan fingerprint density at radius 3 is 2.42 bits per heavy atom. The molecule has 0 bridgehead atoms. The minimum absolute atomic E-state index is 0.155. The first-order valence-corrected chi connectivity index (χ1v) is 14.4. The molecule has 1 aliphatic rings. The highest BCUT2D eigenvalue weighted by Gasteiger charge is 2.34. The van der Waals surface area contributed by atoms with Crippen molar-refractivity contribution in [2.24, 2.45) is 7.05 Å². The fourth-order valence-electron chi connectivity index (χ4n) is 4.93. The average molecular weight is 581 g/mol. The van der Waals surface area contributed by atoms with Crippen LogP contribution in [0.5, 0.6) is 5.88 Å². The summed E-state index contributed by atoms with van der Waals surface area (Å²) in [7, 11) is -1.20. The molecule has 0 unspecified atom stereocenters. The van der Waals surface area contributed by atoms with Crippen molar-refractivity contribution < 1.29 is 30.7 Å². The highest BCUT2D eigenvalue weighted by Crippen LogP contribution is 2.32. The van der Waals surface area contributed by atoms with Crippen LogP contribution in [0.25, 0.3) is 28.0 Å². The lowest BCUT2D eigenvalue weighted by atomic mass is 9.93. The number of rotatable bonds is 7. The van der Waals surface area contributed by atoms with Gasteiger partial charge in [0.25, 0.3) is 5.88 Å². The Hall–Kier alpha value is -3.52. The van der Waals surface area contributed by atoms with Gasteiger partial charge in [-0.05, 0) is 50.5 Å². The maximum absolute atomic E-state index is 14.4. The lowest BCUT2D eigenvalue weighted by molar-refractivity contribution is -0.277. The van der Waals surface area contributed by atoms with Gasteiger partial charge in [-0.2, -0.15) is 5.10 Å². The molecule has 0 aromatic carbocycles. The Kier molecular flexibility index (Phi) is 7.11. The normalized spacial score (nSPS) is 16.5. The third kappa shape index (κ3) is 5.97. The van der Waals surface area contributed by atoms with E-state index in [1.807, 2.05) is 23.0 Å². The number of hydrogen-bond donors (Lipinski definition) is 0. The van der Waals surface area contributed by atoms with E-state index in [1.165, 1.54) is 0 Å². The molecular weight excluding hydrogens is 552 g/mol. The number of aromatic nitrogens is 5. The van der Waals surface area contributed by atoms with Gasteiger partial charge in [-0.3, -0.25) is 14.1 Å². The van der Waals surface area contributed by atoms with Gasteiger partial charge in [0.1, 0.15) is 5.65 Å². The van der Waals surface area contributed by atoms with Gasteiger partial charge in [0.15, 0.2) is 15.7 Å². The van der Waals surface area contributed by atoms with Gasteiger partial charge in [0, 0.05) is 55.2 Å². The Morgan fingerprint density at radius 1 is 1.07 bits per heavy atom. The molecule has 5 heterocycles. The summed E-state index contributed by atoms with van der Waals surface area (Å²) in [6.07, 6.45) is 2.93. The van der Waals surface area contributed by atoms with Gasteiger partial charge in [-0.15, -0.1) is 13.2 Å². The van der Waals surface area contributed by atoms with E-state index >= 15 is 0 Å². The molecule has 40 heavy (non-hydrogen) atoms. The van der Waals surface area contributed by atoms with Crippen LogP contribution in [-0.2, 0) is 23.3 Å². The van der Waals surface area contributed by atoms with Crippen LogP contribution in [-0.4, -0.2) is 74.1 Å². The van der Waals surface area contributed by atoms with Gasteiger partial charge in [0.05, 0.1) is 29.1 Å². The quantitative estimate of drug-likeness (QED) is 0.301. The lowest BCUT2D eigenvalue weighted by Crippen LogP contribution is -2.51. The summed E-state index contributed by atoms with van der Waals surface area (Å²) >= 11 is 0. The third-order valence-corrected chi connectivity index (χ3v) is 8.83. The molecule has 5 rings (SSSR count). The summed E-state index contributed by atoms with van der Waals surface area (Å²) in [6.45, 7) is 5.20. The van der Waals surface area contributed by atoms with Crippen LogP contribution in [0.4, 0.5) is 17.6 Å². The molecule has 0 atom stereocenters. The molecule has 4 aromatic rings. The molecule has 0 spiro atoms. The molecule has 0 amide bonds. The fraction of sp³-hybridized carbons (Fsp3) is 0.423. The Bertz CT molecular complexity index is 1650. The Morgan fingerprint density at radius 2 is 1.80 bits per heavy atom. The van der Waals surface area contributed by atoms with Gasteiger partial charge in [-0.1, -0.05) is 0 Å². The van der Waals surface area contributed by atoms with Crippen LogP contribution >= 0.6 is 0 Å². The van der Waals surface area contributed by atoms with Crippen LogP contribution in [0.2, 0.25) is 0 Å². The predicted octanol–water partition coefficient (Wildman–Crippen LogP) is 4.30. The number of aryl methyl sites for hydroxylation is 2. The highest BCUT2D eigenvalue weighted by molar-refractivity contribution is 7.91. The second-order valence-electron chi connectivity index (χ2n) is 10.5. The van der Waals surface area contributed by atoms with Crippen LogP contribution in [0.15, 0.2) is 43.0 Å². The van der Waals surface area contributed by atoms with E-state index in [4.69, 9.17) is 4.98 Å². The van der Waals surface area contributed by atoms with Gasteiger partial charge < -0.3 is 4.74 Å². The van der Waals surface area contributed by atoms with E-state index in [2.05, 4.69) is 33.6 Å². The van der Waals surface area contributed by atoms with Gasteiger partial charge in [-0.25, -0.2) is 22.8 Å². The molecule has 0 saturated carbocycles. The van der Waals surface area contributed by atoms with E-state index < -0.39 is 27.9 Å². The first-order chi connectivity index (χ1) is 18.7. The van der Waals surface area contributed by atoms with Crippen LogP contribution < -0.4 is 4.74 Å². The molecule has 14 heteroatoms. The first-order valence-electron chi connectivity index (χ1n) is 12.6. The maximum atomic E-state index is 14.4. The van der Waals surface area contributed by atoms with Crippen molar-refractivity contribution in [3.63, 3.8) is 0 Å². The largest absolute Gasteiger partial charge is 0.574 e. The number of hydrogen-bond acceptors (Lipinski definition) is 7. The molecule has 1 saturated heterocycles. The number of alkyl halides is 3. The zero-order valence-electron chi connectivity index (χ0n) is 22.1. The minimum Gasteiger partial charge on any atom is -0.385 e. The van der Waals surface area contributed by atoms with Crippen LogP contribution in [0, 0.1) is 5.82 Å². The number of nitrogens with zero attached hydrogens (tertiary/aromatic N) is 6. The molecule has 214 valence electrons. The molecule has 0 N–H and O–H groups in total. The van der Waals surface area contributed by atoms with Gasteiger partial charge in [0.2, 0.25) is 0 Å². The molecule has 9 nitrogen and oxygen atoms in total. The third-order valence-electron chi connectivity index (χ3n) is 7.23. The fourth-order valence-corrected chi connectivity index (χ4v) is 6.13.